The maximum absolute atomic E-state index is 12.4. The number of carbonyl (C=O) groups is 2. The van der Waals surface area contributed by atoms with Gasteiger partial charge in [0.15, 0.2) is 0 Å². The molecule has 1 aromatic carbocycles. The monoisotopic (exact) mass is 393 g/mol. The Balaban J connectivity index is 2.13. The van der Waals surface area contributed by atoms with Crippen LogP contribution in [-0.4, -0.2) is 26.8 Å². The average Bonchev–Trinajstić information content (AvgIpc) is 2.76. The molecule has 0 aliphatic carbocycles. The zero-order valence-electron chi connectivity index (χ0n) is 14.1. The van der Waals surface area contributed by atoms with Crippen LogP contribution in [0, 0.1) is 26.7 Å². The molecule has 0 fully saturated rings. The second kappa shape index (κ2) is 7.17. The molecule has 0 saturated heterocycles. The Hall–Kier alpha value is -2.15. The van der Waals surface area contributed by atoms with Gasteiger partial charge < -0.3 is 10.4 Å². The molecular weight excluding hydrogens is 374 g/mol. The van der Waals surface area contributed by atoms with Crippen molar-refractivity contribution in [3.63, 3.8) is 0 Å². The highest BCUT2D eigenvalue weighted by atomic mass is 79.9. The molecule has 2 aromatic rings. The van der Waals surface area contributed by atoms with E-state index in [0.29, 0.717) is 12.2 Å². The summed E-state index contributed by atoms with van der Waals surface area (Å²) in [6.07, 6.45) is 0. The number of nitrogens with zero attached hydrogens (tertiary/aromatic N) is 2. The lowest BCUT2D eigenvalue weighted by Gasteiger charge is -2.15. The smallest absolute Gasteiger partial charge is 0.335 e. The van der Waals surface area contributed by atoms with Crippen LogP contribution in [0.5, 0.6) is 0 Å². The third-order valence-electron chi connectivity index (χ3n) is 3.93. The minimum atomic E-state index is -1.02. The molecule has 1 atom stereocenters. The van der Waals surface area contributed by atoms with Crippen LogP contribution in [0.3, 0.4) is 0 Å². The van der Waals surface area contributed by atoms with Crippen molar-refractivity contribution in [3.8, 4) is 0 Å². The van der Waals surface area contributed by atoms with Crippen LogP contribution in [0.4, 0.5) is 5.69 Å². The summed E-state index contributed by atoms with van der Waals surface area (Å²) < 4.78 is 2.74. The number of rotatable bonds is 5. The number of aromatic nitrogens is 2. The third-order valence-corrected chi connectivity index (χ3v) is 5.08. The molecule has 2 N–H and O–H groups in total. The van der Waals surface area contributed by atoms with Gasteiger partial charge in [-0.3, -0.25) is 9.48 Å². The molecule has 128 valence electrons. The number of benzene rings is 1. The second-order valence-corrected chi connectivity index (χ2v) is 6.69. The zero-order chi connectivity index (χ0) is 18.0. The predicted molar refractivity (Wildman–Crippen MR) is 95.3 cm³/mol. The minimum absolute atomic E-state index is 0.144. The molecule has 0 radical (unpaired) electrons. The van der Waals surface area contributed by atoms with Crippen molar-refractivity contribution in [1.29, 1.82) is 0 Å². The summed E-state index contributed by atoms with van der Waals surface area (Å²) in [4.78, 5) is 23.5. The van der Waals surface area contributed by atoms with Gasteiger partial charge in [0.05, 0.1) is 28.2 Å². The van der Waals surface area contributed by atoms with Crippen molar-refractivity contribution in [2.24, 2.45) is 5.92 Å². The molecule has 0 bridgehead atoms. The molecule has 6 nitrogen and oxygen atoms in total. The van der Waals surface area contributed by atoms with E-state index >= 15 is 0 Å². The third kappa shape index (κ3) is 3.84. The van der Waals surface area contributed by atoms with Gasteiger partial charge in [-0.2, -0.15) is 5.10 Å². The Morgan fingerprint density at radius 1 is 1.33 bits per heavy atom. The number of hydrogen-bond donors (Lipinski definition) is 2. The quantitative estimate of drug-likeness (QED) is 0.813. The highest BCUT2D eigenvalue weighted by molar-refractivity contribution is 9.10. The maximum atomic E-state index is 12.4. The van der Waals surface area contributed by atoms with E-state index in [4.69, 9.17) is 5.11 Å². The lowest BCUT2D eigenvalue weighted by molar-refractivity contribution is -0.119. The van der Waals surface area contributed by atoms with Gasteiger partial charge in [0, 0.05) is 11.4 Å². The molecular formula is C17H20BrN3O3. The van der Waals surface area contributed by atoms with Gasteiger partial charge in [0.1, 0.15) is 0 Å². The lowest BCUT2D eigenvalue weighted by atomic mass is 10.1. The van der Waals surface area contributed by atoms with Crippen molar-refractivity contribution >= 4 is 33.5 Å². The van der Waals surface area contributed by atoms with Crippen molar-refractivity contribution in [1.82, 2.24) is 9.78 Å². The number of carboxylic acid groups (broad SMARTS) is 1. The van der Waals surface area contributed by atoms with Gasteiger partial charge in [-0.1, -0.05) is 13.0 Å². The van der Waals surface area contributed by atoms with Gasteiger partial charge in [0.25, 0.3) is 0 Å². The molecule has 7 heteroatoms. The molecule has 1 unspecified atom stereocenters. The fraction of sp³-hybridized carbons (Fsp3) is 0.353. The Bertz CT molecular complexity index is 799. The van der Waals surface area contributed by atoms with Crippen LogP contribution in [0.15, 0.2) is 22.7 Å². The molecule has 1 amide bonds. The summed E-state index contributed by atoms with van der Waals surface area (Å²) in [6.45, 7) is 7.93. The highest BCUT2D eigenvalue weighted by Crippen LogP contribution is 2.22. The number of amides is 1. The standard InChI is InChI=1S/C17H20BrN3O3/c1-9-5-6-13(17(23)24)7-14(9)19-16(22)10(2)8-21-12(4)15(18)11(3)20-21/h5-7,10H,8H2,1-4H3,(H,19,22)(H,23,24). The van der Waals surface area contributed by atoms with Crippen LogP contribution in [0.2, 0.25) is 0 Å². The molecule has 1 heterocycles. The van der Waals surface area contributed by atoms with Gasteiger partial charge >= 0.3 is 5.97 Å². The number of aromatic carboxylic acids is 1. The van der Waals surface area contributed by atoms with Crippen LogP contribution in [0.25, 0.3) is 0 Å². The predicted octanol–water partition coefficient (Wildman–Crippen LogP) is 3.54. The van der Waals surface area contributed by atoms with E-state index in [1.54, 1.807) is 10.7 Å². The highest BCUT2D eigenvalue weighted by Gasteiger charge is 2.18. The molecule has 2 rings (SSSR count). The SMILES string of the molecule is Cc1ccc(C(=O)O)cc1NC(=O)C(C)Cn1nc(C)c(Br)c1C. The molecule has 0 spiro atoms. The molecule has 0 aliphatic heterocycles. The van der Waals surface area contributed by atoms with Gasteiger partial charge in [0.2, 0.25) is 5.91 Å². The Kier molecular flexibility index (Phi) is 5.43. The number of carboxylic acids is 1. The van der Waals surface area contributed by atoms with Crippen molar-refractivity contribution < 1.29 is 14.7 Å². The largest absolute Gasteiger partial charge is 0.478 e. The van der Waals surface area contributed by atoms with Crippen molar-refractivity contribution in [3.05, 3.63) is 45.2 Å². The van der Waals surface area contributed by atoms with E-state index in [1.165, 1.54) is 12.1 Å². The molecule has 0 aliphatic rings. The van der Waals surface area contributed by atoms with E-state index in [0.717, 1.165) is 21.4 Å². The summed E-state index contributed by atoms with van der Waals surface area (Å²) in [5, 5.41) is 16.3. The van der Waals surface area contributed by atoms with E-state index in [1.807, 2.05) is 27.7 Å². The topological polar surface area (TPSA) is 84.2 Å². The van der Waals surface area contributed by atoms with E-state index in [-0.39, 0.29) is 17.4 Å². The Morgan fingerprint density at radius 2 is 2.00 bits per heavy atom. The normalized spacial score (nSPS) is 12.0. The van der Waals surface area contributed by atoms with Crippen LogP contribution in [-0.2, 0) is 11.3 Å². The zero-order valence-corrected chi connectivity index (χ0v) is 15.6. The lowest BCUT2D eigenvalue weighted by Crippen LogP contribution is -2.25. The summed E-state index contributed by atoms with van der Waals surface area (Å²) in [6, 6.07) is 4.67. The number of halogens is 1. The fourth-order valence-electron chi connectivity index (χ4n) is 2.34. The minimum Gasteiger partial charge on any atom is -0.478 e. The first-order chi connectivity index (χ1) is 11.2. The molecule has 0 saturated carbocycles. The first-order valence-corrected chi connectivity index (χ1v) is 8.34. The summed E-state index contributed by atoms with van der Waals surface area (Å²) in [7, 11) is 0. The number of carbonyl (C=O) groups excluding carboxylic acids is 1. The van der Waals surface area contributed by atoms with Crippen molar-refractivity contribution in [2.45, 2.75) is 34.2 Å². The Morgan fingerprint density at radius 3 is 2.54 bits per heavy atom. The second-order valence-electron chi connectivity index (χ2n) is 5.89. The van der Waals surface area contributed by atoms with Crippen LogP contribution in [0.1, 0.15) is 34.2 Å². The van der Waals surface area contributed by atoms with E-state index in [2.05, 4.69) is 26.3 Å². The first kappa shape index (κ1) is 18.2. The number of aryl methyl sites for hydroxylation is 2. The summed E-state index contributed by atoms with van der Waals surface area (Å²) in [5.74, 6) is -1.52. The van der Waals surface area contributed by atoms with Gasteiger partial charge in [-0.25, -0.2) is 4.79 Å². The summed E-state index contributed by atoms with van der Waals surface area (Å²) >= 11 is 3.47. The fourth-order valence-corrected chi connectivity index (χ4v) is 2.62. The summed E-state index contributed by atoms with van der Waals surface area (Å²) in [5.41, 5.74) is 3.32. The first-order valence-electron chi connectivity index (χ1n) is 7.55. The Labute approximate surface area is 149 Å². The van der Waals surface area contributed by atoms with Gasteiger partial charge in [-0.05, 0) is 54.4 Å². The van der Waals surface area contributed by atoms with Crippen LogP contribution >= 0.6 is 15.9 Å². The number of nitrogens with one attached hydrogen (secondary N) is 1. The van der Waals surface area contributed by atoms with Gasteiger partial charge in [-0.15, -0.1) is 0 Å². The molecule has 24 heavy (non-hydrogen) atoms. The average molecular weight is 394 g/mol. The number of hydrogen-bond acceptors (Lipinski definition) is 3. The van der Waals surface area contributed by atoms with Crippen LogP contribution < -0.4 is 5.32 Å². The van der Waals surface area contributed by atoms with Crippen molar-refractivity contribution in [2.75, 3.05) is 5.32 Å². The molecule has 1 aromatic heterocycles. The number of anilines is 1. The van der Waals surface area contributed by atoms with E-state index < -0.39 is 5.97 Å². The van der Waals surface area contributed by atoms with E-state index in [9.17, 15) is 9.59 Å². The maximum Gasteiger partial charge on any atom is 0.335 e.